The van der Waals surface area contributed by atoms with Gasteiger partial charge in [-0.15, -0.1) is 0 Å². The second-order valence-corrected chi connectivity index (χ2v) is 4.61. The van der Waals surface area contributed by atoms with Crippen LogP contribution in [0.2, 0.25) is 0 Å². The quantitative estimate of drug-likeness (QED) is 0.372. The van der Waals surface area contributed by atoms with E-state index < -0.39 is 26.8 Å². The van der Waals surface area contributed by atoms with E-state index in [-0.39, 0.29) is 12.3 Å². The van der Waals surface area contributed by atoms with Crippen LogP contribution in [0.15, 0.2) is 0 Å². The summed E-state index contributed by atoms with van der Waals surface area (Å²) in [4.78, 5) is 17.4. The van der Waals surface area contributed by atoms with Crippen molar-refractivity contribution >= 4 is 8.38 Å². The standard InChI is InChI=1S/C7H16NO5P/c8-6-5(9)3-4(13-7(6)10)1-2-14(11)12/h4-7,9-12H,1-3,8H2. The van der Waals surface area contributed by atoms with Gasteiger partial charge in [-0.1, -0.05) is 0 Å². The molecule has 0 aliphatic carbocycles. The maximum absolute atomic E-state index is 9.40. The number of hydrogen-bond donors (Lipinski definition) is 5. The van der Waals surface area contributed by atoms with Gasteiger partial charge < -0.3 is 30.5 Å². The van der Waals surface area contributed by atoms with Gasteiger partial charge in [-0.2, -0.15) is 0 Å². The fourth-order valence-corrected chi connectivity index (χ4v) is 1.92. The summed E-state index contributed by atoms with van der Waals surface area (Å²) in [5, 5.41) is 18.7. The topological polar surface area (TPSA) is 116 Å². The maximum Gasteiger partial charge on any atom is 0.172 e. The average Bonchev–Trinajstić information content (AvgIpc) is 2.10. The van der Waals surface area contributed by atoms with Crippen LogP contribution >= 0.6 is 8.38 Å². The monoisotopic (exact) mass is 225 g/mol. The normalized spacial score (nSPS) is 39.0. The summed E-state index contributed by atoms with van der Waals surface area (Å²) in [5.74, 6) is 0. The van der Waals surface area contributed by atoms with Gasteiger partial charge >= 0.3 is 0 Å². The van der Waals surface area contributed by atoms with Gasteiger partial charge in [0.25, 0.3) is 0 Å². The first-order valence-corrected chi connectivity index (χ1v) is 5.86. The van der Waals surface area contributed by atoms with Gasteiger partial charge in [0.2, 0.25) is 0 Å². The molecule has 7 heteroatoms. The van der Waals surface area contributed by atoms with Gasteiger partial charge in [0.15, 0.2) is 14.7 Å². The number of nitrogens with two attached hydrogens (primary N) is 1. The molecule has 0 bridgehead atoms. The molecule has 1 aliphatic rings. The predicted octanol–water partition coefficient (Wildman–Crippen LogP) is -1.53. The lowest BCUT2D eigenvalue weighted by molar-refractivity contribution is -0.200. The summed E-state index contributed by atoms with van der Waals surface area (Å²) in [7, 11) is -1.94. The molecule has 6 nitrogen and oxygen atoms in total. The number of hydrogen-bond acceptors (Lipinski definition) is 6. The van der Waals surface area contributed by atoms with E-state index in [1.807, 2.05) is 0 Å². The molecule has 4 unspecified atom stereocenters. The Kier molecular flexibility index (Phi) is 4.66. The highest BCUT2D eigenvalue weighted by molar-refractivity contribution is 7.45. The molecule has 0 amide bonds. The minimum absolute atomic E-state index is 0.217. The van der Waals surface area contributed by atoms with Gasteiger partial charge in [-0.3, -0.25) is 0 Å². The summed E-state index contributed by atoms with van der Waals surface area (Å²) < 4.78 is 5.08. The Morgan fingerprint density at radius 1 is 1.36 bits per heavy atom. The minimum atomic E-state index is -1.94. The van der Waals surface area contributed by atoms with Crippen molar-refractivity contribution in [1.29, 1.82) is 0 Å². The van der Waals surface area contributed by atoms with Gasteiger partial charge in [0.05, 0.1) is 18.2 Å². The highest BCUT2D eigenvalue weighted by Crippen LogP contribution is 2.28. The van der Waals surface area contributed by atoms with Gasteiger partial charge in [-0.25, -0.2) is 0 Å². The molecule has 0 aromatic rings. The van der Waals surface area contributed by atoms with Crippen molar-refractivity contribution in [3.05, 3.63) is 0 Å². The predicted molar refractivity (Wildman–Crippen MR) is 50.3 cm³/mol. The fourth-order valence-electron chi connectivity index (χ4n) is 1.41. The Balaban J connectivity index is 2.34. The Morgan fingerprint density at radius 3 is 2.50 bits per heavy atom. The van der Waals surface area contributed by atoms with Crippen LogP contribution in [0.4, 0.5) is 0 Å². The zero-order valence-corrected chi connectivity index (χ0v) is 8.55. The lowest BCUT2D eigenvalue weighted by atomic mass is 9.99. The maximum atomic E-state index is 9.40. The minimum Gasteiger partial charge on any atom is -0.391 e. The summed E-state index contributed by atoms with van der Waals surface area (Å²) in [5.41, 5.74) is 5.42. The fraction of sp³-hybridized carbons (Fsp3) is 1.00. The van der Waals surface area contributed by atoms with Crippen LogP contribution in [0, 0.1) is 0 Å². The summed E-state index contributed by atoms with van der Waals surface area (Å²) >= 11 is 0. The van der Waals surface area contributed by atoms with Crippen LogP contribution in [-0.4, -0.2) is 50.7 Å². The summed E-state index contributed by atoms with van der Waals surface area (Å²) in [6.45, 7) is 0. The molecule has 0 aromatic heterocycles. The Morgan fingerprint density at radius 2 is 2.00 bits per heavy atom. The van der Waals surface area contributed by atoms with E-state index >= 15 is 0 Å². The van der Waals surface area contributed by atoms with Crippen molar-refractivity contribution < 1.29 is 24.7 Å². The first-order valence-electron chi connectivity index (χ1n) is 4.43. The number of aliphatic hydroxyl groups is 2. The van der Waals surface area contributed by atoms with E-state index in [0.29, 0.717) is 12.8 Å². The molecule has 14 heavy (non-hydrogen) atoms. The van der Waals surface area contributed by atoms with Crippen LogP contribution in [0.5, 0.6) is 0 Å². The third-order valence-corrected chi connectivity index (χ3v) is 2.92. The van der Waals surface area contributed by atoms with Crippen LogP contribution in [0.1, 0.15) is 12.8 Å². The van der Waals surface area contributed by atoms with E-state index in [2.05, 4.69) is 0 Å². The molecule has 0 saturated carbocycles. The van der Waals surface area contributed by atoms with E-state index in [0.717, 1.165) is 0 Å². The lowest BCUT2D eigenvalue weighted by Crippen LogP contribution is -2.53. The molecule has 84 valence electrons. The second-order valence-electron chi connectivity index (χ2n) is 3.41. The SMILES string of the molecule is NC1C(O)CC(CCP(O)O)OC1O. The molecule has 1 aliphatic heterocycles. The van der Waals surface area contributed by atoms with E-state index in [9.17, 15) is 10.2 Å². The van der Waals surface area contributed by atoms with Crippen molar-refractivity contribution in [2.45, 2.75) is 37.4 Å². The van der Waals surface area contributed by atoms with Gasteiger partial charge in [0.1, 0.15) is 0 Å². The van der Waals surface area contributed by atoms with Gasteiger partial charge in [0, 0.05) is 12.6 Å². The summed E-state index contributed by atoms with van der Waals surface area (Å²) in [6.07, 6.45) is -1.39. The van der Waals surface area contributed by atoms with Crippen molar-refractivity contribution in [3.8, 4) is 0 Å². The lowest BCUT2D eigenvalue weighted by Gasteiger charge is -2.35. The molecule has 1 fully saturated rings. The molecule has 1 rings (SSSR count). The molecular formula is C7H16NO5P. The Hall–Kier alpha value is 0.190. The number of aliphatic hydroxyl groups excluding tert-OH is 2. The second kappa shape index (κ2) is 5.32. The molecular weight excluding hydrogens is 209 g/mol. The average molecular weight is 225 g/mol. The Bertz CT molecular complexity index is 169. The molecule has 0 spiro atoms. The highest BCUT2D eigenvalue weighted by Gasteiger charge is 2.34. The van der Waals surface area contributed by atoms with Crippen molar-refractivity contribution in [2.24, 2.45) is 5.73 Å². The number of rotatable bonds is 3. The third-order valence-electron chi connectivity index (χ3n) is 2.26. The van der Waals surface area contributed by atoms with Crippen molar-refractivity contribution in [3.63, 3.8) is 0 Å². The molecule has 0 radical (unpaired) electrons. The smallest absolute Gasteiger partial charge is 0.172 e. The van der Waals surface area contributed by atoms with E-state index in [1.165, 1.54) is 0 Å². The van der Waals surface area contributed by atoms with Crippen molar-refractivity contribution in [1.82, 2.24) is 0 Å². The zero-order valence-electron chi connectivity index (χ0n) is 7.65. The van der Waals surface area contributed by atoms with Crippen LogP contribution in [-0.2, 0) is 4.74 Å². The van der Waals surface area contributed by atoms with Crippen molar-refractivity contribution in [2.75, 3.05) is 6.16 Å². The highest BCUT2D eigenvalue weighted by atomic mass is 31.2. The van der Waals surface area contributed by atoms with Crippen LogP contribution in [0.3, 0.4) is 0 Å². The first kappa shape index (κ1) is 12.3. The molecule has 4 atom stereocenters. The molecule has 1 heterocycles. The zero-order chi connectivity index (χ0) is 10.7. The van der Waals surface area contributed by atoms with Crippen LogP contribution < -0.4 is 5.73 Å². The van der Waals surface area contributed by atoms with Crippen LogP contribution in [0.25, 0.3) is 0 Å². The summed E-state index contributed by atoms with van der Waals surface area (Å²) in [6, 6.07) is -0.781. The largest absolute Gasteiger partial charge is 0.391 e. The third kappa shape index (κ3) is 3.40. The number of ether oxygens (including phenoxy) is 1. The first-order chi connectivity index (χ1) is 6.50. The molecule has 1 saturated heterocycles. The molecule has 0 aromatic carbocycles. The Labute approximate surface area is 83.2 Å². The van der Waals surface area contributed by atoms with E-state index in [1.54, 1.807) is 0 Å². The van der Waals surface area contributed by atoms with Gasteiger partial charge in [-0.05, 0) is 6.42 Å². The van der Waals surface area contributed by atoms with E-state index in [4.69, 9.17) is 20.3 Å². The molecule has 6 N–H and O–H groups in total.